The lowest BCUT2D eigenvalue weighted by Gasteiger charge is -2.15. The highest BCUT2D eigenvalue weighted by atomic mass is 16.5. The summed E-state index contributed by atoms with van der Waals surface area (Å²) >= 11 is 0. The molecule has 0 saturated carbocycles. The number of nitrogens with zero attached hydrogens (tertiary/aromatic N) is 1. The molecule has 0 aromatic rings. The summed E-state index contributed by atoms with van der Waals surface area (Å²) in [6.07, 6.45) is 0. The molecule has 0 aromatic heterocycles. The van der Waals surface area contributed by atoms with E-state index in [1.54, 1.807) is 0 Å². The smallest absolute Gasteiger partial charge is 0.0701 e. The normalized spacial score (nSPS) is 25.6. The second kappa shape index (κ2) is 8.86. The Labute approximate surface area is 106 Å². The number of likely N-dealkylation sites (tertiary alicyclic amines) is 1. The minimum absolute atomic E-state index is 0.703. The molecular weight excluding hydrogens is 216 g/mol. The fourth-order valence-electron chi connectivity index (χ4n) is 2.12. The van der Waals surface area contributed by atoms with Gasteiger partial charge in [-0.15, -0.1) is 0 Å². The summed E-state index contributed by atoms with van der Waals surface area (Å²) in [7, 11) is 1.93. The molecular formula is C13H28N2O2. The van der Waals surface area contributed by atoms with Crippen molar-refractivity contribution in [2.45, 2.75) is 13.8 Å². The fraction of sp³-hybridized carbons (Fsp3) is 1.00. The van der Waals surface area contributed by atoms with Crippen LogP contribution in [-0.4, -0.2) is 64.6 Å². The van der Waals surface area contributed by atoms with Crippen LogP contribution >= 0.6 is 0 Å². The lowest BCUT2D eigenvalue weighted by molar-refractivity contribution is 0.0416. The van der Waals surface area contributed by atoms with Crippen LogP contribution in [0.2, 0.25) is 0 Å². The lowest BCUT2D eigenvalue weighted by atomic mass is 10.0. The van der Waals surface area contributed by atoms with Crippen molar-refractivity contribution in [1.82, 2.24) is 10.2 Å². The molecule has 0 aromatic carbocycles. The average molecular weight is 244 g/mol. The third-order valence-electron chi connectivity index (χ3n) is 3.48. The third kappa shape index (κ3) is 6.36. The van der Waals surface area contributed by atoms with Crippen molar-refractivity contribution in [2.75, 3.05) is 59.7 Å². The molecule has 1 aliphatic rings. The maximum atomic E-state index is 5.56. The van der Waals surface area contributed by atoms with Gasteiger partial charge in [0, 0.05) is 26.2 Å². The van der Waals surface area contributed by atoms with Crippen molar-refractivity contribution in [3.8, 4) is 0 Å². The van der Waals surface area contributed by atoms with Gasteiger partial charge in [0.25, 0.3) is 0 Å². The number of likely N-dealkylation sites (N-methyl/N-ethyl adjacent to an activating group) is 1. The molecule has 0 bridgehead atoms. The Hall–Kier alpha value is -0.160. The van der Waals surface area contributed by atoms with E-state index in [1.807, 2.05) is 7.05 Å². The molecule has 1 N–H and O–H groups in total. The van der Waals surface area contributed by atoms with Gasteiger partial charge < -0.3 is 19.7 Å². The average Bonchev–Trinajstić information content (AvgIpc) is 2.62. The highest BCUT2D eigenvalue weighted by Crippen LogP contribution is 2.21. The second-order valence-corrected chi connectivity index (χ2v) is 5.04. The zero-order valence-electron chi connectivity index (χ0n) is 11.6. The van der Waals surface area contributed by atoms with Crippen molar-refractivity contribution in [3.05, 3.63) is 0 Å². The summed E-state index contributed by atoms with van der Waals surface area (Å²) < 4.78 is 10.9. The molecule has 1 saturated heterocycles. The van der Waals surface area contributed by atoms with Gasteiger partial charge in [-0.1, -0.05) is 13.8 Å². The summed E-state index contributed by atoms with van der Waals surface area (Å²) in [5.41, 5.74) is 0. The first kappa shape index (κ1) is 14.9. The molecule has 0 aliphatic carbocycles. The Balaban J connectivity index is 1.85. The van der Waals surface area contributed by atoms with Crippen LogP contribution in [0, 0.1) is 11.8 Å². The molecule has 4 heteroatoms. The molecule has 1 fully saturated rings. The maximum Gasteiger partial charge on any atom is 0.0701 e. The van der Waals surface area contributed by atoms with Crippen LogP contribution in [0.25, 0.3) is 0 Å². The van der Waals surface area contributed by atoms with Crippen molar-refractivity contribution < 1.29 is 9.47 Å². The van der Waals surface area contributed by atoms with Crippen molar-refractivity contribution in [1.29, 1.82) is 0 Å². The molecule has 17 heavy (non-hydrogen) atoms. The quantitative estimate of drug-likeness (QED) is 0.609. The Morgan fingerprint density at radius 3 is 2.18 bits per heavy atom. The van der Waals surface area contributed by atoms with Gasteiger partial charge in [0.1, 0.15) is 0 Å². The van der Waals surface area contributed by atoms with E-state index in [0.29, 0.717) is 13.2 Å². The summed E-state index contributed by atoms with van der Waals surface area (Å²) in [5, 5.41) is 3.04. The SMILES string of the molecule is CNCCOCCOCCN1CC(C)C(C)C1. The molecule has 2 unspecified atom stereocenters. The van der Waals surface area contributed by atoms with Crippen LogP contribution in [0.5, 0.6) is 0 Å². The van der Waals surface area contributed by atoms with Gasteiger partial charge in [0.05, 0.1) is 26.4 Å². The van der Waals surface area contributed by atoms with E-state index >= 15 is 0 Å². The molecule has 0 radical (unpaired) electrons. The molecule has 4 nitrogen and oxygen atoms in total. The van der Waals surface area contributed by atoms with Gasteiger partial charge in [0.2, 0.25) is 0 Å². The van der Waals surface area contributed by atoms with Crippen molar-refractivity contribution >= 4 is 0 Å². The van der Waals surface area contributed by atoms with Crippen LogP contribution in [0.3, 0.4) is 0 Å². The first-order valence-corrected chi connectivity index (χ1v) is 6.76. The van der Waals surface area contributed by atoms with E-state index in [4.69, 9.17) is 9.47 Å². The van der Waals surface area contributed by atoms with E-state index < -0.39 is 0 Å². The van der Waals surface area contributed by atoms with Gasteiger partial charge in [0.15, 0.2) is 0 Å². The molecule has 2 atom stereocenters. The van der Waals surface area contributed by atoms with Gasteiger partial charge in [-0.2, -0.15) is 0 Å². The Morgan fingerprint density at radius 2 is 1.59 bits per heavy atom. The minimum Gasteiger partial charge on any atom is -0.378 e. The zero-order chi connectivity index (χ0) is 12.5. The first-order chi connectivity index (χ1) is 8.24. The highest BCUT2D eigenvalue weighted by molar-refractivity contribution is 4.77. The van der Waals surface area contributed by atoms with E-state index in [9.17, 15) is 0 Å². The van der Waals surface area contributed by atoms with Crippen LogP contribution in [0.1, 0.15) is 13.8 Å². The first-order valence-electron chi connectivity index (χ1n) is 6.76. The van der Waals surface area contributed by atoms with Crippen LogP contribution in [0.15, 0.2) is 0 Å². The summed E-state index contributed by atoms with van der Waals surface area (Å²) in [6.45, 7) is 12.1. The Bertz CT molecular complexity index is 180. The zero-order valence-corrected chi connectivity index (χ0v) is 11.6. The fourth-order valence-corrected chi connectivity index (χ4v) is 2.12. The molecule has 1 heterocycles. The van der Waals surface area contributed by atoms with Crippen LogP contribution in [0.4, 0.5) is 0 Å². The van der Waals surface area contributed by atoms with Crippen LogP contribution in [-0.2, 0) is 9.47 Å². The number of hydrogen-bond donors (Lipinski definition) is 1. The summed E-state index contributed by atoms with van der Waals surface area (Å²) in [6, 6.07) is 0. The van der Waals surface area contributed by atoms with E-state index in [2.05, 4.69) is 24.1 Å². The van der Waals surface area contributed by atoms with E-state index in [1.165, 1.54) is 13.1 Å². The van der Waals surface area contributed by atoms with Crippen molar-refractivity contribution in [3.63, 3.8) is 0 Å². The van der Waals surface area contributed by atoms with Gasteiger partial charge in [-0.3, -0.25) is 0 Å². The molecule has 0 amide bonds. The number of ether oxygens (including phenoxy) is 2. The minimum atomic E-state index is 0.703. The van der Waals surface area contributed by atoms with Crippen LogP contribution < -0.4 is 5.32 Å². The number of rotatable bonds is 9. The van der Waals surface area contributed by atoms with Gasteiger partial charge in [-0.25, -0.2) is 0 Å². The Morgan fingerprint density at radius 1 is 1.00 bits per heavy atom. The van der Waals surface area contributed by atoms with E-state index in [-0.39, 0.29) is 0 Å². The topological polar surface area (TPSA) is 33.7 Å². The molecule has 102 valence electrons. The maximum absolute atomic E-state index is 5.56. The standard InChI is InChI=1S/C13H28N2O2/c1-12-10-15(11-13(12)2)5-7-17-9-8-16-6-4-14-3/h12-14H,4-11H2,1-3H3. The molecule has 1 rings (SSSR count). The number of nitrogens with one attached hydrogen (secondary N) is 1. The highest BCUT2D eigenvalue weighted by Gasteiger charge is 2.25. The summed E-state index contributed by atoms with van der Waals surface area (Å²) in [5.74, 6) is 1.67. The van der Waals surface area contributed by atoms with E-state index in [0.717, 1.165) is 38.1 Å². The third-order valence-corrected chi connectivity index (χ3v) is 3.48. The Kier molecular flexibility index (Phi) is 7.77. The van der Waals surface area contributed by atoms with Gasteiger partial charge >= 0.3 is 0 Å². The summed E-state index contributed by atoms with van der Waals surface area (Å²) in [4.78, 5) is 2.50. The van der Waals surface area contributed by atoms with Gasteiger partial charge in [-0.05, 0) is 18.9 Å². The molecule has 0 spiro atoms. The predicted molar refractivity (Wildman–Crippen MR) is 70.3 cm³/mol. The lowest BCUT2D eigenvalue weighted by Crippen LogP contribution is -2.26. The van der Waals surface area contributed by atoms with Crippen molar-refractivity contribution in [2.24, 2.45) is 11.8 Å². The number of hydrogen-bond acceptors (Lipinski definition) is 4. The molecule has 1 aliphatic heterocycles. The predicted octanol–water partition coefficient (Wildman–Crippen LogP) is 0.827. The largest absolute Gasteiger partial charge is 0.378 e. The second-order valence-electron chi connectivity index (χ2n) is 5.04. The monoisotopic (exact) mass is 244 g/mol.